The first-order valence-electron chi connectivity index (χ1n) is 7.99. The van der Waals surface area contributed by atoms with Crippen LogP contribution >= 0.6 is 11.6 Å². The van der Waals surface area contributed by atoms with Crippen LogP contribution in [0.15, 0.2) is 18.2 Å². The van der Waals surface area contributed by atoms with Crippen LogP contribution in [0.1, 0.15) is 38.2 Å². The van der Waals surface area contributed by atoms with Crippen LogP contribution in [0.5, 0.6) is 0 Å². The van der Waals surface area contributed by atoms with E-state index in [1.165, 1.54) is 19.3 Å². The molecule has 1 aromatic rings. The second-order valence-electron chi connectivity index (χ2n) is 6.04. The third-order valence-corrected chi connectivity index (χ3v) is 4.44. The lowest BCUT2D eigenvalue weighted by Crippen LogP contribution is -2.34. The summed E-state index contributed by atoms with van der Waals surface area (Å²) in [5, 5.41) is 6.08. The first-order valence-corrected chi connectivity index (χ1v) is 8.36. The maximum Gasteiger partial charge on any atom is 0.319 e. The summed E-state index contributed by atoms with van der Waals surface area (Å²) in [6.45, 7) is 5.24. The van der Waals surface area contributed by atoms with E-state index in [-0.39, 0.29) is 6.03 Å². The molecule has 1 saturated carbocycles. The Labute approximate surface area is 137 Å². The van der Waals surface area contributed by atoms with Crippen LogP contribution in [-0.2, 0) is 4.74 Å². The summed E-state index contributed by atoms with van der Waals surface area (Å²) < 4.78 is 5.87. The predicted molar refractivity (Wildman–Crippen MR) is 90.6 cm³/mol. The molecular weight excluding hydrogens is 300 g/mol. The van der Waals surface area contributed by atoms with Gasteiger partial charge in [0.15, 0.2) is 0 Å². The van der Waals surface area contributed by atoms with E-state index in [1.54, 1.807) is 6.07 Å². The van der Waals surface area contributed by atoms with Gasteiger partial charge in [-0.1, -0.05) is 37.4 Å². The van der Waals surface area contributed by atoms with Crippen LogP contribution < -0.4 is 10.6 Å². The summed E-state index contributed by atoms with van der Waals surface area (Å²) in [7, 11) is 0. The molecule has 1 aliphatic rings. The summed E-state index contributed by atoms with van der Waals surface area (Å²) in [6, 6.07) is 5.28. The average Bonchev–Trinajstić information content (AvgIpc) is 2.48. The first-order chi connectivity index (χ1) is 10.6. The highest BCUT2D eigenvalue weighted by molar-refractivity contribution is 6.33. The summed E-state index contributed by atoms with van der Waals surface area (Å²) in [5.74, 6) is 0.619. The molecule has 0 heterocycles. The number of nitrogens with one attached hydrogen (secondary N) is 2. The van der Waals surface area contributed by atoms with Gasteiger partial charge in [-0.05, 0) is 43.4 Å². The summed E-state index contributed by atoms with van der Waals surface area (Å²) in [4.78, 5) is 11.8. The van der Waals surface area contributed by atoms with Crippen molar-refractivity contribution in [1.29, 1.82) is 0 Å². The SMILES string of the molecule is Cc1ccc(NC(=O)NCCO[C@@H]2CCCC[C@@H]2C)c(Cl)c1. The van der Waals surface area contributed by atoms with Crippen LogP contribution in [0.25, 0.3) is 0 Å². The molecule has 4 nitrogen and oxygen atoms in total. The van der Waals surface area contributed by atoms with Crippen LogP contribution in [0, 0.1) is 12.8 Å². The lowest BCUT2D eigenvalue weighted by molar-refractivity contribution is -0.00232. The van der Waals surface area contributed by atoms with Gasteiger partial charge in [0.25, 0.3) is 0 Å². The molecule has 22 heavy (non-hydrogen) atoms. The van der Waals surface area contributed by atoms with E-state index in [1.807, 2.05) is 19.1 Å². The average molecular weight is 325 g/mol. The molecule has 0 saturated heterocycles. The van der Waals surface area contributed by atoms with Gasteiger partial charge in [0, 0.05) is 6.54 Å². The molecule has 5 heteroatoms. The monoisotopic (exact) mass is 324 g/mol. The number of hydrogen-bond acceptors (Lipinski definition) is 2. The van der Waals surface area contributed by atoms with Gasteiger partial charge < -0.3 is 15.4 Å². The zero-order valence-corrected chi connectivity index (χ0v) is 14.1. The third-order valence-electron chi connectivity index (χ3n) is 4.13. The number of carbonyl (C=O) groups excluding carboxylic acids is 1. The van der Waals surface area contributed by atoms with Crippen molar-refractivity contribution in [1.82, 2.24) is 5.32 Å². The fourth-order valence-electron chi connectivity index (χ4n) is 2.79. The number of carbonyl (C=O) groups is 1. The Morgan fingerprint density at radius 2 is 2.14 bits per heavy atom. The molecule has 2 rings (SSSR count). The Bertz CT molecular complexity index is 507. The van der Waals surface area contributed by atoms with Gasteiger partial charge in [-0.2, -0.15) is 0 Å². The fraction of sp³-hybridized carbons (Fsp3) is 0.588. The van der Waals surface area contributed by atoms with E-state index >= 15 is 0 Å². The standard InChI is InChI=1S/C17H25ClN2O2/c1-12-7-8-15(14(18)11-12)20-17(21)19-9-10-22-16-6-4-3-5-13(16)2/h7-8,11,13,16H,3-6,9-10H2,1-2H3,(H2,19,20,21)/t13-,16+/m0/s1. The van der Waals surface area contributed by atoms with Crippen LogP contribution in [0.2, 0.25) is 5.02 Å². The second kappa shape index (κ2) is 8.39. The number of benzene rings is 1. The molecule has 0 aromatic heterocycles. The number of amides is 2. The Hall–Kier alpha value is -1.26. The molecule has 2 amide bonds. The number of ether oxygens (including phenoxy) is 1. The van der Waals surface area contributed by atoms with Gasteiger partial charge in [0.2, 0.25) is 0 Å². The van der Waals surface area contributed by atoms with Gasteiger partial charge in [-0.3, -0.25) is 0 Å². The Kier molecular flexibility index (Phi) is 6.52. The number of rotatable bonds is 5. The topological polar surface area (TPSA) is 50.4 Å². The van der Waals surface area contributed by atoms with E-state index in [4.69, 9.17) is 16.3 Å². The van der Waals surface area contributed by atoms with Crippen molar-refractivity contribution in [3.8, 4) is 0 Å². The van der Waals surface area contributed by atoms with E-state index in [0.29, 0.717) is 35.9 Å². The van der Waals surface area contributed by atoms with Gasteiger partial charge in [0.1, 0.15) is 0 Å². The molecule has 0 aliphatic heterocycles. The van der Waals surface area contributed by atoms with Crippen molar-refractivity contribution >= 4 is 23.3 Å². The smallest absolute Gasteiger partial charge is 0.319 e. The molecule has 0 spiro atoms. The minimum Gasteiger partial charge on any atom is -0.376 e. The van der Waals surface area contributed by atoms with Gasteiger partial charge in [-0.25, -0.2) is 4.79 Å². The van der Waals surface area contributed by atoms with Gasteiger partial charge in [0.05, 0.1) is 23.4 Å². The van der Waals surface area contributed by atoms with E-state index in [2.05, 4.69) is 17.6 Å². The largest absolute Gasteiger partial charge is 0.376 e. The van der Waals surface area contributed by atoms with Crippen molar-refractivity contribution in [3.63, 3.8) is 0 Å². The minimum absolute atomic E-state index is 0.258. The molecule has 1 fully saturated rings. The zero-order valence-electron chi connectivity index (χ0n) is 13.3. The van der Waals surface area contributed by atoms with Crippen LogP contribution in [0.3, 0.4) is 0 Å². The van der Waals surface area contributed by atoms with Crippen LogP contribution in [0.4, 0.5) is 10.5 Å². The van der Waals surface area contributed by atoms with Crippen molar-refractivity contribution in [3.05, 3.63) is 28.8 Å². The Morgan fingerprint density at radius 3 is 2.86 bits per heavy atom. The van der Waals surface area contributed by atoms with E-state index < -0.39 is 0 Å². The zero-order chi connectivity index (χ0) is 15.9. The molecule has 122 valence electrons. The molecule has 1 aromatic carbocycles. The quantitative estimate of drug-likeness (QED) is 0.790. The van der Waals surface area contributed by atoms with Crippen LogP contribution in [-0.4, -0.2) is 25.3 Å². The predicted octanol–water partition coefficient (Wildman–Crippen LogP) is 4.37. The number of hydrogen-bond donors (Lipinski definition) is 2. The minimum atomic E-state index is -0.258. The molecule has 2 atom stereocenters. The number of halogens is 1. The summed E-state index contributed by atoms with van der Waals surface area (Å²) in [6.07, 6.45) is 5.26. The maximum absolute atomic E-state index is 11.8. The second-order valence-corrected chi connectivity index (χ2v) is 6.44. The first kappa shape index (κ1) is 17.1. The van der Waals surface area contributed by atoms with Crippen molar-refractivity contribution in [2.75, 3.05) is 18.5 Å². The number of urea groups is 1. The third kappa shape index (κ3) is 5.18. The Morgan fingerprint density at radius 1 is 1.36 bits per heavy atom. The molecule has 0 bridgehead atoms. The molecule has 0 radical (unpaired) electrons. The summed E-state index contributed by atoms with van der Waals surface area (Å²) >= 11 is 6.09. The maximum atomic E-state index is 11.8. The fourth-order valence-corrected chi connectivity index (χ4v) is 3.08. The lowest BCUT2D eigenvalue weighted by Gasteiger charge is -2.28. The highest BCUT2D eigenvalue weighted by atomic mass is 35.5. The molecule has 2 N–H and O–H groups in total. The highest BCUT2D eigenvalue weighted by Crippen LogP contribution is 2.26. The van der Waals surface area contributed by atoms with Gasteiger partial charge in [-0.15, -0.1) is 0 Å². The normalized spacial score (nSPS) is 21.4. The van der Waals surface area contributed by atoms with Crippen molar-refractivity contribution in [2.24, 2.45) is 5.92 Å². The summed E-state index contributed by atoms with van der Waals surface area (Å²) in [5.41, 5.74) is 1.68. The molecule has 0 unspecified atom stereocenters. The number of aryl methyl sites for hydroxylation is 1. The van der Waals surface area contributed by atoms with Crippen molar-refractivity contribution < 1.29 is 9.53 Å². The molecular formula is C17H25ClN2O2. The van der Waals surface area contributed by atoms with Crippen molar-refractivity contribution in [2.45, 2.75) is 45.6 Å². The van der Waals surface area contributed by atoms with Gasteiger partial charge >= 0.3 is 6.03 Å². The number of anilines is 1. The van der Waals surface area contributed by atoms with E-state index in [0.717, 1.165) is 12.0 Å². The lowest BCUT2D eigenvalue weighted by atomic mass is 9.88. The Balaban J connectivity index is 1.67. The van der Waals surface area contributed by atoms with E-state index in [9.17, 15) is 4.79 Å². The highest BCUT2D eigenvalue weighted by Gasteiger charge is 2.21. The molecule has 1 aliphatic carbocycles.